The Bertz CT molecular complexity index is 1110. The SMILES string of the molecule is CC(C)CN(CC(O)C(C)NC(=O)C(NC(=O)CN1CCCC1)C(C)(C)C)S(=O)(=O)c1ccc2c(c1)OCO2. The van der Waals surface area contributed by atoms with Crippen LogP contribution < -0.4 is 20.1 Å². The van der Waals surface area contributed by atoms with Gasteiger partial charge < -0.3 is 25.2 Å². The molecule has 0 saturated carbocycles. The lowest BCUT2D eigenvalue weighted by atomic mass is 9.85. The predicted octanol–water partition coefficient (Wildman–Crippen LogP) is 1.55. The van der Waals surface area contributed by atoms with Gasteiger partial charge in [0.15, 0.2) is 11.5 Å². The molecule has 0 aliphatic carbocycles. The van der Waals surface area contributed by atoms with Gasteiger partial charge in [-0.1, -0.05) is 34.6 Å². The van der Waals surface area contributed by atoms with Crippen molar-refractivity contribution < 1.29 is 32.6 Å². The Morgan fingerprint density at radius 3 is 2.31 bits per heavy atom. The second kappa shape index (κ2) is 12.8. The third kappa shape index (κ3) is 8.29. The van der Waals surface area contributed by atoms with Gasteiger partial charge in [0, 0.05) is 19.2 Å². The monoisotopic (exact) mass is 568 g/mol. The number of carbonyl (C=O) groups is 2. The molecule has 0 bridgehead atoms. The van der Waals surface area contributed by atoms with Crippen LogP contribution in [0.25, 0.3) is 0 Å². The summed E-state index contributed by atoms with van der Waals surface area (Å²) in [7, 11) is -3.98. The van der Waals surface area contributed by atoms with Gasteiger partial charge in [-0.25, -0.2) is 8.42 Å². The Morgan fingerprint density at radius 1 is 1.05 bits per heavy atom. The highest BCUT2D eigenvalue weighted by Gasteiger charge is 2.36. The van der Waals surface area contributed by atoms with Crippen LogP contribution in [0.1, 0.15) is 54.4 Å². The molecule has 3 rings (SSSR count). The van der Waals surface area contributed by atoms with Crippen LogP contribution in [0.15, 0.2) is 23.1 Å². The zero-order valence-electron chi connectivity index (χ0n) is 23.9. The summed E-state index contributed by atoms with van der Waals surface area (Å²) in [4.78, 5) is 28.0. The van der Waals surface area contributed by atoms with E-state index < -0.39 is 39.5 Å². The van der Waals surface area contributed by atoms with Crippen molar-refractivity contribution in [2.24, 2.45) is 11.3 Å². The fraction of sp³-hybridized carbons (Fsp3) is 0.704. The van der Waals surface area contributed by atoms with Crippen molar-refractivity contribution in [3.8, 4) is 11.5 Å². The minimum absolute atomic E-state index is 0.0121. The van der Waals surface area contributed by atoms with Crippen molar-refractivity contribution in [1.82, 2.24) is 19.8 Å². The first-order chi connectivity index (χ1) is 18.2. The number of rotatable bonds is 12. The summed E-state index contributed by atoms with van der Waals surface area (Å²) < 4.78 is 38.9. The van der Waals surface area contributed by atoms with Gasteiger partial charge in [-0.3, -0.25) is 14.5 Å². The lowest BCUT2D eigenvalue weighted by molar-refractivity contribution is -0.132. The smallest absolute Gasteiger partial charge is 0.243 e. The van der Waals surface area contributed by atoms with Gasteiger partial charge in [0.2, 0.25) is 28.6 Å². The van der Waals surface area contributed by atoms with Crippen LogP contribution >= 0.6 is 0 Å². The Labute approximate surface area is 232 Å². The molecule has 12 heteroatoms. The lowest BCUT2D eigenvalue weighted by Gasteiger charge is -2.33. The van der Waals surface area contributed by atoms with E-state index in [0.717, 1.165) is 25.9 Å². The van der Waals surface area contributed by atoms with Crippen LogP contribution in [-0.4, -0.2) is 92.2 Å². The van der Waals surface area contributed by atoms with Crippen molar-refractivity contribution in [3.63, 3.8) is 0 Å². The number of amides is 2. The number of nitrogens with one attached hydrogen (secondary N) is 2. The molecule has 1 fully saturated rings. The first-order valence-corrected chi connectivity index (χ1v) is 15.0. The minimum atomic E-state index is -3.98. The zero-order chi connectivity index (χ0) is 29.0. The number of carbonyl (C=O) groups excluding carboxylic acids is 2. The molecule has 0 radical (unpaired) electrons. The number of hydrogen-bond donors (Lipinski definition) is 3. The van der Waals surface area contributed by atoms with Gasteiger partial charge in [0.1, 0.15) is 6.04 Å². The van der Waals surface area contributed by atoms with E-state index in [9.17, 15) is 23.1 Å². The standard InChI is InChI=1S/C27H44N4O7S/c1-18(2)14-31(39(35,36)20-9-10-22-23(13-20)38-17-37-22)15-21(32)19(3)28-26(34)25(27(4,5)6)29-24(33)16-30-11-7-8-12-30/h9-10,13,18-19,21,25,32H,7-8,11-12,14-17H2,1-6H3,(H,28,34)(H,29,33). The van der Waals surface area contributed by atoms with E-state index in [-0.39, 0.29) is 43.1 Å². The molecule has 3 N–H and O–H groups in total. The molecule has 220 valence electrons. The summed E-state index contributed by atoms with van der Waals surface area (Å²) >= 11 is 0. The molecular weight excluding hydrogens is 524 g/mol. The number of nitrogens with zero attached hydrogens (tertiary/aromatic N) is 2. The average Bonchev–Trinajstić information content (AvgIpc) is 3.52. The molecule has 1 aromatic rings. The zero-order valence-corrected chi connectivity index (χ0v) is 24.7. The van der Waals surface area contributed by atoms with Crippen LogP contribution in [0.2, 0.25) is 0 Å². The van der Waals surface area contributed by atoms with Crippen molar-refractivity contribution in [2.45, 2.75) is 77.5 Å². The largest absolute Gasteiger partial charge is 0.454 e. The number of sulfonamides is 1. The average molecular weight is 569 g/mol. The molecular formula is C27H44N4O7S. The van der Waals surface area contributed by atoms with Crippen LogP contribution in [-0.2, 0) is 19.6 Å². The Morgan fingerprint density at radius 2 is 1.69 bits per heavy atom. The highest BCUT2D eigenvalue weighted by Crippen LogP contribution is 2.34. The molecule has 1 saturated heterocycles. The molecule has 1 aromatic carbocycles. The number of fused-ring (bicyclic) bond motifs is 1. The van der Waals surface area contributed by atoms with E-state index in [4.69, 9.17) is 9.47 Å². The quantitative estimate of drug-likeness (QED) is 0.346. The molecule has 2 amide bonds. The van der Waals surface area contributed by atoms with Gasteiger partial charge in [0.05, 0.1) is 23.6 Å². The van der Waals surface area contributed by atoms with E-state index in [1.165, 1.54) is 16.4 Å². The van der Waals surface area contributed by atoms with Gasteiger partial charge >= 0.3 is 0 Å². The van der Waals surface area contributed by atoms with Crippen molar-refractivity contribution in [3.05, 3.63) is 18.2 Å². The third-order valence-corrected chi connectivity index (χ3v) is 8.72. The predicted molar refractivity (Wildman–Crippen MR) is 147 cm³/mol. The second-order valence-corrected chi connectivity index (χ2v) is 13.9. The fourth-order valence-corrected chi connectivity index (χ4v) is 6.30. The summed E-state index contributed by atoms with van der Waals surface area (Å²) in [6, 6.07) is 2.81. The number of aliphatic hydroxyl groups is 1. The molecule has 2 aliphatic heterocycles. The summed E-state index contributed by atoms with van der Waals surface area (Å²) in [5.74, 6) is 0.154. The summed E-state index contributed by atoms with van der Waals surface area (Å²) in [5, 5.41) is 16.7. The van der Waals surface area contributed by atoms with Crippen molar-refractivity contribution in [1.29, 1.82) is 0 Å². The van der Waals surface area contributed by atoms with E-state index in [2.05, 4.69) is 15.5 Å². The first kappa shape index (κ1) is 31.1. The van der Waals surface area contributed by atoms with E-state index in [1.807, 2.05) is 34.6 Å². The van der Waals surface area contributed by atoms with Crippen molar-refractivity contribution in [2.75, 3.05) is 39.5 Å². The maximum Gasteiger partial charge on any atom is 0.243 e. The number of hydrogen-bond acceptors (Lipinski definition) is 8. The third-order valence-electron chi connectivity index (χ3n) is 6.89. The lowest BCUT2D eigenvalue weighted by Crippen LogP contribution is -2.58. The number of ether oxygens (including phenoxy) is 2. The van der Waals surface area contributed by atoms with E-state index in [1.54, 1.807) is 13.0 Å². The Balaban J connectivity index is 1.68. The van der Waals surface area contributed by atoms with Crippen LogP contribution in [0, 0.1) is 11.3 Å². The Hall–Kier alpha value is -2.41. The highest BCUT2D eigenvalue weighted by atomic mass is 32.2. The maximum atomic E-state index is 13.5. The first-order valence-electron chi connectivity index (χ1n) is 13.6. The number of likely N-dealkylation sites (tertiary alicyclic amines) is 1. The maximum absolute atomic E-state index is 13.5. The van der Waals surface area contributed by atoms with Crippen LogP contribution in [0.3, 0.4) is 0 Å². The molecule has 0 spiro atoms. The van der Waals surface area contributed by atoms with E-state index >= 15 is 0 Å². The molecule has 2 heterocycles. The van der Waals surface area contributed by atoms with Gasteiger partial charge in [-0.2, -0.15) is 4.31 Å². The molecule has 3 atom stereocenters. The van der Waals surface area contributed by atoms with Gasteiger partial charge in [-0.15, -0.1) is 0 Å². The van der Waals surface area contributed by atoms with Crippen LogP contribution in [0.5, 0.6) is 11.5 Å². The second-order valence-electron chi connectivity index (χ2n) is 11.9. The number of benzene rings is 1. The molecule has 0 aromatic heterocycles. The summed E-state index contributed by atoms with van der Waals surface area (Å²) in [5.41, 5.74) is -0.582. The molecule has 11 nitrogen and oxygen atoms in total. The van der Waals surface area contributed by atoms with E-state index in [0.29, 0.717) is 11.5 Å². The Kier molecular flexibility index (Phi) is 10.2. The van der Waals surface area contributed by atoms with Crippen molar-refractivity contribution >= 4 is 21.8 Å². The molecule has 2 aliphatic rings. The van der Waals surface area contributed by atoms with Gasteiger partial charge in [-0.05, 0) is 56.3 Å². The molecule has 39 heavy (non-hydrogen) atoms. The minimum Gasteiger partial charge on any atom is -0.454 e. The highest BCUT2D eigenvalue weighted by molar-refractivity contribution is 7.89. The molecule has 3 unspecified atom stereocenters. The van der Waals surface area contributed by atoms with Gasteiger partial charge in [0.25, 0.3) is 0 Å². The summed E-state index contributed by atoms with van der Waals surface area (Å²) in [6.07, 6.45) is 0.922. The van der Waals surface area contributed by atoms with Crippen LogP contribution in [0.4, 0.5) is 0 Å². The topological polar surface area (TPSA) is 138 Å². The number of aliphatic hydroxyl groups excluding tert-OH is 1. The summed E-state index contributed by atoms with van der Waals surface area (Å²) in [6.45, 7) is 12.9. The fourth-order valence-electron chi connectivity index (χ4n) is 4.66. The normalized spacial score (nSPS) is 18.3.